The van der Waals surface area contributed by atoms with Gasteiger partial charge in [-0.15, -0.1) is 0 Å². The van der Waals surface area contributed by atoms with Crippen LogP contribution in [-0.4, -0.2) is 29.0 Å². The molecule has 1 aromatic rings. The Bertz CT molecular complexity index is 510. The van der Waals surface area contributed by atoms with Gasteiger partial charge < -0.3 is 10.1 Å². The number of pyridine rings is 1. The molecule has 20 heavy (non-hydrogen) atoms. The van der Waals surface area contributed by atoms with Crippen molar-refractivity contribution in [1.29, 1.82) is 0 Å². The van der Waals surface area contributed by atoms with Gasteiger partial charge in [-0.2, -0.15) is 0 Å². The quantitative estimate of drug-likeness (QED) is 0.868. The lowest BCUT2D eigenvalue weighted by molar-refractivity contribution is 0.0528. The molecule has 1 aromatic heterocycles. The molecular weight excluding hydrogens is 280 g/mol. The Labute approximate surface area is 123 Å². The molecule has 0 aliphatic rings. The molecule has 1 heterocycles. The highest BCUT2D eigenvalue weighted by Crippen LogP contribution is 2.13. The molecule has 0 aliphatic carbocycles. The van der Waals surface area contributed by atoms with Gasteiger partial charge in [0.05, 0.1) is 0 Å². The molecule has 0 radical (unpaired) electrons. The first-order valence-corrected chi connectivity index (χ1v) is 6.69. The number of nitrogens with zero attached hydrogens (tertiary/aromatic N) is 1. The van der Waals surface area contributed by atoms with E-state index in [1.807, 2.05) is 0 Å². The van der Waals surface area contributed by atoms with Crippen molar-refractivity contribution in [3.63, 3.8) is 0 Å². The van der Waals surface area contributed by atoms with E-state index in [4.69, 9.17) is 16.3 Å². The van der Waals surface area contributed by atoms with Crippen molar-refractivity contribution < 1.29 is 14.3 Å². The third kappa shape index (κ3) is 6.02. The van der Waals surface area contributed by atoms with Crippen molar-refractivity contribution in [3.8, 4) is 0 Å². The van der Waals surface area contributed by atoms with Crippen LogP contribution in [0.1, 0.15) is 43.9 Å². The monoisotopic (exact) mass is 298 g/mol. The van der Waals surface area contributed by atoms with Crippen LogP contribution in [0, 0.1) is 0 Å². The van der Waals surface area contributed by atoms with Crippen LogP contribution in [0.25, 0.3) is 0 Å². The zero-order valence-corrected chi connectivity index (χ0v) is 12.9. The Morgan fingerprint density at radius 3 is 2.55 bits per heavy atom. The highest BCUT2D eigenvalue weighted by molar-refractivity contribution is 6.30. The number of ether oxygens (including phenoxy) is 1. The summed E-state index contributed by atoms with van der Waals surface area (Å²) in [6, 6.07) is 3.19. The van der Waals surface area contributed by atoms with Crippen LogP contribution in [0.2, 0.25) is 5.02 Å². The van der Waals surface area contributed by atoms with E-state index in [-0.39, 0.29) is 5.78 Å². The minimum Gasteiger partial charge on any atom is -0.444 e. The van der Waals surface area contributed by atoms with Crippen LogP contribution in [0.15, 0.2) is 12.1 Å². The highest BCUT2D eigenvalue weighted by Gasteiger charge is 2.15. The number of Topliss-reactive ketones (excluding diaryl/α,β-unsaturated/α-hetero) is 1. The highest BCUT2D eigenvalue weighted by atomic mass is 35.5. The minimum atomic E-state index is -0.528. The summed E-state index contributed by atoms with van der Waals surface area (Å²) in [6.45, 7) is 7.18. The van der Waals surface area contributed by atoms with Gasteiger partial charge in [-0.3, -0.25) is 4.79 Å². The lowest BCUT2D eigenvalue weighted by Gasteiger charge is -2.19. The van der Waals surface area contributed by atoms with E-state index < -0.39 is 11.7 Å². The predicted octanol–water partition coefficient (Wildman–Crippen LogP) is 3.00. The molecule has 1 amide bonds. The Hall–Kier alpha value is -1.62. The number of carbonyl (C=O) groups excluding carboxylic acids is 2. The number of nitrogens with one attached hydrogen (secondary N) is 1. The van der Waals surface area contributed by atoms with Crippen molar-refractivity contribution in [1.82, 2.24) is 10.3 Å². The van der Waals surface area contributed by atoms with Gasteiger partial charge in [0.25, 0.3) is 0 Å². The SMILES string of the molecule is CC(=O)c1cc(Cl)cc(CCNC(=O)OC(C)(C)C)n1. The minimum absolute atomic E-state index is 0.145. The molecule has 0 spiro atoms. The van der Waals surface area contributed by atoms with Crippen LogP contribution in [0.5, 0.6) is 0 Å². The topological polar surface area (TPSA) is 68.3 Å². The average Bonchev–Trinajstić information content (AvgIpc) is 2.25. The molecule has 5 nitrogen and oxygen atoms in total. The summed E-state index contributed by atoms with van der Waals surface area (Å²) in [4.78, 5) is 26.9. The number of rotatable bonds is 4. The number of hydrogen-bond donors (Lipinski definition) is 1. The number of alkyl carbamates (subject to hydrolysis) is 1. The molecule has 0 fully saturated rings. The largest absolute Gasteiger partial charge is 0.444 e. The fraction of sp³-hybridized carbons (Fsp3) is 0.500. The lowest BCUT2D eigenvalue weighted by Crippen LogP contribution is -2.33. The second-order valence-electron chi connectivity index (χ2n) is 5.40. The molecule has 0 saturated heterocycles. The molecule has 1 rings (SSSR count). The predicted molar refractivity (Wildman–Crippen MR) is 77.2 cm³/mol. The van der Waals surface area contributed by atoms with Crippen molar-refractivity contribution in [2.45, 2.75) is 39.7 Å². The van der Waals surface area contributed by atoms with Gasteiger partial charge in [0.2, 0.25) is 0 Å². The van der Waals surface area contributed by atoms with Crippen molar-refractivity contribution in [2.24, 2.45) is 0 Å². The molecule has 0 aliphatic heterocycles. The third-order valence-corrected chi connectivity index (χ3v) is 2.47. The standard InChI is InChI=1S/C14H19ClN2O3/c1-9(18)12-8-10(15)7-11(17-12)5-6-16-13(19)20-14(2,3)4/h7-8H,5-6H2,1-4H3,(H,16,19). The number of amides is 1. The Balaban J connectivity index is 2.54. The van der Waals surface area contributed by atoms with Gasteiger partial charge >= 0.3 is 6.09 Å². The number of carbonyl (C=O) groups is 2. The molecular formula is C14H19ClN2O3. The first kappa shape index (κ1) is 16.4. The molecule has 0 atom stereocenters. The number of ketones is 1. The summed E-state index contributed by atoms with van der Waals surface area (Å²) in [5, 5.41) is 3.08. The average molecular weight is 299 g/mol. The Kier molecular flexibility index (Phi) is 5.51. The third-order valence-electron chi connectivity index (χ3n) is 2.25. The van der Waals surface area contributed by atoms with E-state index >= 15 is 0 Å². The van der Waals surface area contributed by atoms with Crippen molar-refractivity contribution >= 4 is 23.5 Å². The molecule has 1 N–H and O–H groups in total. The van der Waals surface area contributed by atoms with Crippen LogP contribution in [0.3, 0.4) is 0 Å². The normalized spacial score (nSPS) is 11.1. The van der Waals surface area contributed by atoms with Crippen molar-refractivity contribution in [3.05, 3.63) is 28.5 Å². The van der Waals surface area contributed by atoms with E-state index in [0.717, 1.165) is 0 Å². The maximum absolute atomic E-state index is 11.5. The molecule has 6 heteroatoms. The van der Waals surface area contributed by atoms with Gasteiger partial charge in [0.1, 0.15) is 11.3 Å². The van der Waals surface area contributed by atoms with Gasteiger partial charge in [0, 0.05) is 30.6 Å². The zero-order valence-electron chi connectivity index (χ0n) is 12.1. The van der Waals surface area contributed by atoms with Crippen molar-refractivity contribution in [2.75, 3.05) is 6.54 Å². The molecule has 0 unspecified atom stereocenters. The van der Waals surface area contributed by atoms with E-state index in [0.29, 0.717) is 29.4 Å². The van der Waals surface area contributed by atoms with Crippen LogP contribution < -0.4 is 5.32 Å². The van der Waals surface area contributed by atoms with E-state index in [9.17, 15) is 9.59 Å². The molecule has 0 saturated carbocycles. The van der Waals surface area contributed by atoms with Gasteiger partial charge in [-0.1, -0.05) is 11.6 Å². The fourth-order valence-electron chi connectivity index (χ4n) is 1.47. The number of halogens is 1. The molecule has 110 valence electrons. The lowest BCUT2D eigenvalue weighted by atomic mass is 10.2. The van der Waals surface area contributed by atoms with E-state index in [1.54, 1.807) is 26.8 Å². The maximum Gasteiger partial charge on any atom is 0.407 e. The molecule has 0 aromatic carbocycles. The summed E-state index contributed by atoms with van der Waals surface area (Å²) < 4.78 is 5.11. The Morgan fingerprint density at radius 2 is 2.00 bits per heavy atom. The Morgan fingerprint density at radius 1 is 1.35 bits per heavy atom. The summed E-state index contributed by atoms with van der Waals surface area (Å²) in [5.74, 6) is -0.145. The smallest absolute Gasteiger partial charge is 0.407 e. The molecule has 0 bridgehead atoms. The van der Waals surface area contributed by atoms with Gasteiger partial charge in [-0.25, -0.2) is 9.78 Å². The van der Waals surface area contributed by atoms with Gasteiger partial charge in [-0.05, 0) is 32.9 Å². The summed E-state index contributed by atoms with van der Waals surface area (Å²) in [6.07, 6.45) is -0.00796. The first-order valence-electron chi connectivity index (χ1n) is 6.31. The van der Waals surface area contributed by atoms with E-state index in [1.165, 1.54) is 13.0 Å². The summed E-state index contributed by atoms with van der Waals surface area (Å²) >= 11 is 5.92. The zero-order chi connectivity index (χ0) is 15.3. The second-order valence-corrected chi connectivity index (χ2v) is 5.83. The second kappa shape index (κ2) is 6.70. The van der Waals surface area contributed by atoms with Gasteiger partial charge in [0.15, 0.2) is 5.78 Å². The van der Waals surface area contributed by atoms with Crippen LogP contribution >= 0.6 is 11.6 Å². The summed E-state index contributed by atoms with van der Waals surface area (Å²) in [5.41, 5.74) is 0.448. The van der Waals surface area contributed by atoms with Crippen LogP contribution in [-0.2, 0) is 11.2 Å². The summed E-state index contributed by atoms with van der Waals surface area (Å²) in [7, 11) is 0. The number of aromatic nitrogens is 1. The maximum atomic E-state index is 11.5. The van der Waals surface area contributed by atoms with Crippen LogP contribution in [0.4, 0.5) is 4.79 Å². The fourth-order valence-corrected chi connectivity index (χ4v) is 1.70. The number of hydrogen-bond acceptors (Lipinski definition) is 4. The van der Waals surface area contributed by atoms with E-state index in [2.05, 4.69) is 10.3 Å². The first-order chi connectivity index (χ1) is 9.17.